The zero-order valence-electron chi connectivity index (χ0n) is 11.9. The largest absolute Gasteiger partial charge is 0.497 e. The Morgan fingerprint density at radius 2 is 2.14 bits per heavy atom. The summed E-state index contributed by atoms with van der Waals surface area (Å²) in [7, 11) is 1.66. The van der Waals surface area contributed by atoms with Gasteiger partial charge in [0, 0.05) is 19.6 Å². The smallest absolute Gasteiger partial charge is 0.264 e. The number of amides is 1. The second-order valence-corrected chi connectivity index (χ2v) is 5.92. The lowest BCUT2D eigenvalue weighted by Crippen LogP contribution is -2.48. The van der Waals surface area contributed by atoms with Crippen LogP contribution in [0.3, 0.4) is 0 Å². The van der Waals surface area contributed by atoms with E-state index in [1.807, 2.05) is 46.7 Å². The van der Waals surface area contributed by atoms with Gasteiger partial charge in [-0.1, -0.05) is 18.2 Å². The number of benzene rings is 1. The molecule has 0 bridgehead atoms. The summed E-state index contributed by atoms with van der Waals surface area (Å²) in [6.07, 6.45) is 0. The van der Waals surface area contributed by atoms with Crippen molar-refractivity contribution in [1.29, 1.82) is 0 Å². The lowest BCUT2D eigenvalue weighted by Gasteiger charge is -2.36. The molecule has 0 aliphatic carbocycles. The van der Waals surface area contributed by atoms with Crippen LogP contribution in [0.1, 0.15) is 21.3 Å². The minimum atomic E-state index is 0.0688. The van der Waals surface area contributed by atoms with E-state index in [-0.39, 0.29) is 11.9 Å². The van der Waals surface area contributed by atoms with Crippen LogP contribution in [0.25, 0.3) is 0 Å². The summed E-state index contributed by atoms with van der Waals surface area (Å²) in [6, 6.07) is 11.8. The van der Waals surface area contributed by atoms with E-state index in [1.165, 1.54) is 11.3 Å². The van der Waals surface area contributed by atoms with Crippen molar-refractivity contribution < 1.29 is 9.53 Å². The van der Waals surface area contributed by atoms with Gasteiger partial charge in [0.15, 0.2) is 0 Å². The molecule has 1 atom stereocenters. The highest BCUT2D eigenvalue weighted by Crippen LogP contribution is 2.26. The van der Waals surface area contributed by atoms with E-state index in [1.54, 1.807) is 7.11 Å². The predicted molar refractivity (Wildman–Crippen MR) is 84.0 cm³/mol. The number of nitrogens with one attached hydrogen (secondary N) is 1. The van der Waals surface area contributed by atoms with Gasteiger partial charge in [-0.25, -0.2) is 0 Å². The maximum absolute atomic E-state index is 12.7. The summed E-state index contributed by atoms with van der Waals surface area (Å²) in [5.74, 6) is 0.950. The van der Waals surface area contributed by atoms with Gasteiger partial charge in [0.05, 0.1) is 18.0 Å². The molecule has 4 nitrogen and oxygen atoms in total. The highest BCUT2D eigenvalue weighted by atomic mass is 32.1. The third-order valence-corrected chi connectivity index (χ3v) is 4.59. The molecule has 3 rings (SSSR count). The SMILES string of the molecule is COc1ccc(C2CNCCN2C(=O)c2cccs2)cc1. The normalized spacial score (nSPS) is 18.5. The van der Waals surface area contributed by atoms with E-state index in [4.69, 9.17) is 4.74 Å². The number of thiophene rings is 1. The van der Waals surface area contributed by atoms with Gasteiger partial charge in [-0.3, -0.25) is 4.79 Å². The molecule has 0 spiro atoms. The van der Waals surface area contributed by atoms with Gasteiger partial charge in [0.2, 0.25) is 0 Å². The van der Waals surface area contributed by atoms with Gasteiger partial charge >= 0.3 is 0 Å². The zero-order valence-corrected chi connectivity index (χ0v) is 12.7. The number of methoxy groups -OCH3 is 1. The van der Waals surface area contributed by atoms with Crippen LogP contribution in [-0.4, -0.2) is 37.6 Å². The summed E-state index contributed by atoms with van der Waals surface area (Å²) >= 11 is 1.50. The molecule has 2 aromatic rings. The molecule has 1 amide bonds. The lowest BCUT2D eigenvalue weighted by atomic mass is 10.0. The summed E-state index contributed by atoms with van der Waals surface area (Å²) in [5, 5.41) is 5.31. The Kier molecular flexibility index (Phi) is 4.22. The number of piperazine rings is 1. The first-order chi connectivity index (χ1) is 10.3. The fourth-order valence-electron chi connectivity index (χ4n) is 2.61. The first-order valence-electron chi connectivity index (χ1n) is 6.99. The summed E-state index contributed by atoms with van der Waals surface area (Å²) in [6.45, 7) is 2.35. The van der Waals surface area contributed by atoms with Crippen molar-refractivity contribution in [1.82, 2.24) is 10.2 Å². The lowest BCUT2D eigenvalue weighted by molar-refractivity contribution is 0.0639. The van der Waals surface area contributed by atoms with Crippen LogP contribution < -0.4 is 10.1 Å². The zero-order chi connectivity index (χ0) is 14.7. The van der Waals surface area contributed by atoms with E-state index < -0.39 is 0 Å². The molecule has 0 saturated carbocycles. The minimum absolute atomic E-state index is 0.0688. The van der Waals surface area contributed by atoms with Crippen molar-refractivity contribution in [3.05, 3.63) is 52.2 Å². The van der Waals surface area contributed by atoms with E-state index in [0.29, 0.717) is 0 Å². The predicted octanol–water partition coefficient (Wildman–Crippen LogP) is 2.54. The topological polar surface area (TPSA) is 41.6 Å². The van der Waals surface area contributed by atoms with Crippen molar-refractivity contribution in [2.24, 2.45) is 0 Å². The quantitative estimate of drug-likeness (QED) is 0.947. The van der Waals surface area contributed by atoms with Gasteiger partial charge in [0.1, 0.15) is 5.75 Å². The van der Waals surface area contributed by atoms with E-state index >= 15 is 0 Å². The average Bonchev–Trinajstić information content (AvgIpc) is 3.09. The van der Waals surface area contributed by atoms with Crippen molar-refractivity contribution in [3.63, 3.8) is 0 Å². The molecule has 1 aromatic heterocycles. The number of carbonyl (C=O) groups is 1. The molecule has 1 saturated heterocycles. The Balaban J connectivity index is 1.85. The van der Waals surface area contributed by atoms with Crippen molar-refractivity contribution in [2.45, 2.75) is 6.04 Å². The molecule has 1 unspecified atom stereocenters. The molecule has 2 heterocycles. The van der Waals surface area contributed by atoms with E-state index in [0.717, 1.165) is 35.8 Å². The van der Waals surface area contributed by atoms with Gasteiger partial charge in [0.25, 0.3) is 5.91 Å². The van der Waals surface area contributed by atoms with Crippen LogP contribution in [0.5, 0.6) is 5.75 Å². The molecule has 21 heavy (non-hydrogen) atoms. The molecule has 1 aromatic carbocycles. The van der Waals surface area contributed by atoms with Crippen LogP contribution in [0, 0.1) is 0 Å². The van der Waals surface area contributed by atoms with Gasteiger partial charge in [-0.05, 0) is 29.1 Å². The number of hydrogen-bond acceptors (Lipinski definition) is 4. The van der Waals surface area contributed by atoms with Crippen molar-refractivity contribution in [2.75, 3.05) is 26.7 Å². The third kappa shape index (κ3) is 2.94. The molecule has 5 heteroatoms. The van der Waals surface area contributed by atoms with Gasteiger partial charge in [-0.15, -0.1) is 11.3 Å². The summed E-state index contributed by atoms with van der Waals surface area (Å²) in [5.41, 5.74) is 1.13. The standard InChI is InChI=1S/C16H18N2O2S/c1-20-13-6-4-12(5-7-13)14-11-17-8-9-18(14)16(19)15-3-2-10-21-15/h2-7,10,14,17H,8-9,11H2,1H3. The second-order valence-electron chi connectivity index (χ2n) is 4.97. The highest BCUT2D eigenvalue weighted by molar-refractivity contribution is 7.12. The monoisotopic (exact) mass is 302 g/mol. The highest BCUT2D eigenvalue weighted by Gasteiger charge is 2.28. The fourth-order valence-corrected chi connectivity index (χ4v) is 3.29. The number of hydrogen-bond donors (Lipinski definition) is 1. The van der Waals surface area contributed by atoms with Gasteiger partial charge in [-0.2, -0.15) is 0 Å². The number of carbonyl (C=O) groups excluding carboxylic acids is 1. The van der Waals surface area contributed by atoms with Crippen LogP contribution in [0.2, 0.25) is 0 Å². The van der Waals surface area contributed by atoms with Crippen molar-refractivity contribution in [3.8, 4) is 5.75 Å². The molecule has 1 aliphatic heterocycles. The molecule has 1 N–H and O–H groups in total. The molecule has 1 fully saturated rings. The second kappa shape index (κ2) is 6.28. The van der Waals surface area contributed by atoms with Crippen molar-refractivity contribution >= 4 is 17.2 Å². The van der Waals surface area contributed by atoms with E-state index in [2.05, 4.69) is 5.32 Å². The van der Waals surface area contributed by atoms with E-state index in [9.17, 15) is 4.79 Å². The molecular weight excluding hydrogens is 284 g/mol. The average molecular weight is 302 g/mol. The maximum atomic E-state index is 12.7. The molecular formula is C16H18N2O2S. The Morgan fingerprint density at radius 1 is 1.33 bits per heavy atom. The molecule has 110 valence electrons. The van der Waals surface area contributed by atoms with Crippen LogP contribution in [-0.2, 0) is 0 Å². The Bertz CT molecular complexity index is 595. The van der Waals surface area contributed by atoms with Crippen LogP contribution in [0.4, 0.5) is 0 Å². The first kappa shape index (κ1) is 14.1. The summed E-state index contributed by atoms with van der Waals surface area (Å²) < 4.78 is 5.20. The van der Waals surface area contributed by atoms with Gasteiger partial charge < -0.3 is 15.0 Å². The third-order valence-electron chi connectivity index (χ3n) is 3.74. The number of rotatable bonds is 3. The van der Waals surface area contributed by atoms with Crippen LogP contribution in [0.15, 0.2) is 41.8 Å². The van der Waals surface area contributed by atoms with Crippen LogP contribution >= 0.6 is 11.3 Å². The fraction of sp³-hybridized carbons (Fsp3) is 0.312. The summed E-state index contributed by atoms with van der Waals surface area (Å²) in [4.78, 5) is 15.4. The first-order valence-corrected chi connectivity index (χ1v) is 7.86. The Hall–Kier alpha value is -1.85. The molecule has 1 aliphatic rings. The minimum Gasteiger partial charge on any atom is -0.497 e. The Labute approximate surface area is 128 Å². The molecule has 0 radical (unpaired) electrons. The number of nitrogens with zero attached hydrogens (tertiary/aromatic N) is 1. The maximum Gasteiger partial charge on any atom is 0.264 e. The number of ether oxygens (including phenoxy) is 1. The Morgan fingerprint density at radius 3 is 2.81 bits per heavy atom.